The first-order valence-electron chi connectivity index (χ1n) is 7.85. The molecule has 0 radical (unpaired) electrons. The molecule has 2 N–H and O–H groups in total. The molecule has 2 aromatic rings. The number of hydrogen-bond acceptors (Lipinski definition) is 4. The second-order valence-electron chi connectivity index (χ2n) is 5.45. The first-order valence-corrected chi connectivity index (χ1v) is 7.85. The minimum atomic E-state index is -0.712. The molecule has 0 spiro atoms. The predicted molar refractivity (Wildman–Crippen MR) is 90.7 cm³/mol. The van der Waals surface area contributed by atoms with Crippen molar-refractivity contribution in [2.75, 3.05) is 0 Å². The van der Waals surface area contributed by atoms with Crippen molar-refractivity contribution in [1.82, 2.24) is 0 Å². The molecule has 0 bridgehead atoms. The van der Waals surface area contributed by atoms with E-state index in [1.54, 1.807) is 31.2 Å². The van der Waals surface area contributed by atoms with Gasteiger partial charge in [0.25, 0.3) is 5.91 Å². The molecule has 1 unspecified atom stereocenters. The molecule has 0 aliphatic rings. The number of rotatable bonds is 8. The molecule has 0 aliphatic carbocycles. The Balaban J connectivity index is 1.76. The lowest BCUT2D eigenvalue weighted by Gasteiger charge is -2.11. The molecular weight excluding hydrogens is 306 g/mol. The number of primary amides is 1. The van der Waals surface area contributed by atoms with Crippen LogP contribution in [0.3, 0.4) is 0 Å². The maximum atomic E-state index is 11.8. The van der Waals surface area contributed by atoms with Crippen molar-refractivity contribution >= 4 is 11.9 Å². The van der Waals surface area contributed by atoms with Crippen molar-refractivity contribution in [2.45, 2.75) is 32.3 Å². The number of nitrogens with two attached hydrogens (primary N) is 1. The van der Waals surface area contributed by atoms with Crippen LogP contribution in [0.1, 0.15) is 25.3 Å². The zero-order valence-corrected chi connectivity index (χ0v) is 13.6. The lowest BCUT2D eigenvalue weighted by molar-refractivity contribution is -0.134. The first kappa shape index (κ1) is 17.5. The van der Waals surface area contributed by atoms with Crippen LogP contribution >= 0.6 is 0 Å². The SMILES string of the molecule is CC(Oc1ccc(OC(=O)CCCc2ccccc2)cc1)C(N)=O. The van der Waals surface area contributed by atoms with Gasteiger partial charge < -0.3 is 15.2 Å². The third-order valence-electron chi connectivity index (χ3n) is 3.46. The highest BCUT2D eigenvalue weighted by Gasteiger charge is 2.10. The van der Waals surface area contributed by atoms with Crippen LogP contribution in [-0.2, 0) is 16.0 Å². The van der Waals surface area contributed by atoms with Gasteiger partial charge in [0.05, 0.1) is 0 Å². The van der Waals surface area contributed by atoms with Crippen LogP contribution in [0.2, 0.25) is 0 Å². The molecule has 126 valence electrons. The number of benzene rings is 2. The Kier molecular flexibility index (Phi) is 6.37. The zero-order chi connectivity index (χ0) is 17.4. The van der Waals surface area contributed by atoms with E-state index in [0.29, 0.717) is 17.9 Å². The normalized spacial score (nSPS) is 11.5. The monoisotopic (exact) mass is 327 g/mol. The third kappa shape index (κ3) is 5.76. The van der Waals surface area contributed by atoms with Crippen molar-refractivity contribution in [3.8, 4) is 11.5 Å². The van der Waals surface area contributed by atoms with Gasteiger partial charge in [-0.05, 0) is 49.6 Å². The topological polar surface area (TPSA) is 78.6 Å². The van der Waals surface area contributed by atoms with Crippen LogP contribution in [0.15, 0.2) is 54.6 Å². The van der Waals surface area contributed by atoms with Gasteiger partial charge in [0.2, 0.25) is 0 Å². The number of amides is 1. The van der Waals surface area contributed by atoms with E-state index in [4.69, 9.17) is 15.2 Å². The van der Waals surface area contributed by atoms with Crippen LogP contribution in [0.5, 0.6) is 11.5 Å². The van der Waals surface area contributed by atoms with Gasteiger partial charge >= 0.3 is 5.97 Å². The summed E-state index contributed by atoms with van der Waals surface area (Å²) in [6.45, 7) is 1.57. The fourth-order valence-electron chi connectivity index (χ4n) is 2.11. The Morgan fingerprint density at radius 1 is 1.00 bits per heavy atom. The zero-order valence-electron chi connectivity index (χ0n) is 13.6. The van der Waals surface area contributed by atoms with Gasteiger partial charge in [0.1, 0.15) is 11.5 Å². The van der Waals surface area contributed by atoms with E-state index in [9.17, 15) is 9.59 Å². The standard InChI is InChI=1S/C19H21NO4/c1-14(19(20)22)23-16-10-12-17(13-11-16)24-18(21)9-5-8-15-6-3-2-4-7-15/h2-4,6-7,10-14H,5,8-9H2,1H3,(H2,20,22). The lowest BCUT2D eigenvalue weighted by atomic mass is 10.1. The van der Waals surface area contributed by atoms with Gasteiger partial charge in [-0.15, -0.1) is 0 Å². The largest absolute Gasteiger partial charge is 0.481 e. The Hall–Kier alpha value is -2.82. The van der Waals surface area contributed by atoms with Gasteiger partial charge in [0.15, 0.2) is 6.10 Å². The molecular formula is C19H21NO4. The summed E-state index contributed by atoms with van der Waals surface area (Å²) in [6.07, 6.45) is 1.22. The highest BCUT2D eigenvalue weighted by Crippen LogP contribution is 2.19. The van der Waals surface area contributed by atoms with Crippen molar-refractivity contribution in [2.24, 2.45) is 5.73 Å². The van der Waals surface area contributed by atoms with Crippen molar-refractivity contribution in [1.29, 1.82) is 0 Å². The van der Waals surface area contributed by atoms with Gasteiger partial charge in [-0.3, -0.25) is 9.59 Å². The molecule has 5 heteroatoms. The number of esters is 1. The van der Waals surface area contributed by atoms with E-state index >= 15 is 0 Å². The fraction of sp³-hybridized carbons (Fsp3) is 0.263. The summed E-state index contributed by atoms with van der Waals surface area (Å²) in [4.78, 5) is 22.8. The summed E-state index contributed by atoms with van der Waals surface area (Å²) in [5.74, 6) is 0.123. The molecule has 0 heterocycles. The number of aryl methyl sites for hydroxylation is 1. The van der Waals surface area contributed by atoms with Crippen molar-refractivity contribution < 1.29 is 19.1 Å². The van der Waals surface area contributed by atoms with Gasteiger partial charge in [-0.1, -0.05) is 30.3 Å². The van der Waals surface area contributed by atoms with Crippen molar-refractivity contribution in [3.05, 3.63) is 60.2 Å². The molecule has 0 fully saturated rings. The predicted octanol–water partition coefficient (Wildman–Crippen LogP) is 2.87. The summed E-state index contributed by atoms with van der Waals surface area (Å²) in [7, 11) is 0. The molecule has 0 saturated heterocycles. The molecule has 0 saturated carbocycles. The molecule has 2 aromatic carbocycles. The average molecular weight is 327 g/mol. The third-order valence-corrected chi connectivity index (χ3v) is 3.46. The lowest BCUT2D eigenvalue weighted by Crippen LogP contribution is -2.30. The summed E-state index contributed by atoms with van der Waals surface area (Å²) >= 11 is 0. The number of hydrogen-bond donors (Lipinski definition) is 1. The Labute approximate surface area is 141 Å². The summed E-state index contributed by atoms with van der Waals surface area (Å²) < 4.78 is 10.6. The van der Waals surface area contributed by atoms with Crippen molar-refractivity contribution in [3.63, 3.8) is 0 Å². The molecule has 1 amide bonds. The Bertz CT molecular complexity index is 668. The molecule has 5 nitrogen and oxygen atoms in total. The first-order chi connectivity index (χ1) is 11.5. The Morgan fingerprint density at radius 2 is 1.62 bits per heavy atom. The molecule has 0 aliphatic heterocycles. The van der Waals surface area contributed by atoms with E-state index in [2.05, 4.69) is 0 Å². The number of ether oxygens (including phenoxy) is 2. The van der Waals surface area contributed by atoms with Crippen LogP contribution in [0, 0.1) is 0 Å². The maximum absolute atomic E-state index is 11.8. The van der Waals surface area contributed by atoms with Gasteiger partial charge in [-0.25, -0.2) is 0 Å². The van der Waals surface area contributed by atoms with Gasteiger partial charge in [0, 0.05) is 6.42 Å². The fourth-order valence-corrected chi connectivity index (χ4v) is 2.11. The molecule has 1 atom stereocenters. The van der Waals surface area contributed by atoms with E-state index in [-0.39, 0.29) is 5.97 Å². The molecule has 24 heavy (non-hydrogen) atoms. The summed E-state index contributed by atoms with van der Waals surface area (Å²) in [5.41, 5.74) is 6.34. The van der Waals surface area contributed by atoms with E-state index in [0.717, 1.165) is 12.8 Å². The average Bonchev–Trinajstić information content (AvgIpc) is 2.57. The molecule has 0 aromatic heterocycles. The number of carbonyl (C=O) groups is 2. The maximum Gasteiger partial charge on any atom is 0.311 e. The second-order valence-corrected chi connectivity index (χ2v) is 5.45. The highest BCUT2D eigenvalue weighted by molar-refractivity contribution is 5.78. The summed E-state index contributed by atoms with van der Waals surface area (Å²) in [5, 5.41) is 0. The van der Waals surface area contributed by atoms with E-state index < -0.39 is 12.0 Å². The summed E-state index contributed by atoms with van der Waals surface area (Å²) in [6, 6.07) is 16.5. The highest BCUT2D eigenvalue weighted by atomic mass is 16.5. The van der Waals surface area contributed by atoms with E-state index in [1.807, 2.05) is 30.3 Å². The second kappa shape index (κ2) is 8.72. The van der Waals surface area contributed by atoms with E-state index in [1.165, 1.54) is 5.56 Å². The van der Waals surface area contributed by atoms with Crippen LogP contribution in [0.4, 0.5) is 0 Å². The van der Waals surface area contributed by atoms with Crippen LogP contribution in [0.25, 0.3) is 0 Å². The van der Waals surface area contributed by atoms with Crippen LogP contribution in [-0.4, -0.2) is 18.0 Å². The Morgan fingerprint density at radius 3 is 2.25 bits per heavy atom. The minimum Gasteiger partial charge on any atom is -0.481 e. The molecule has 2 rings (SSSR count). The number of carbonyl (C=O) groups excluding carboxylic acids is 2. The van der Waals surface area contributed by atoms with Crippen LogP contribution < -0.4 is 15.2 Å². The smallest absolute Gasteiger partial charge is 0.311 e. The van der Waals surface area contributed by atoms with Gasteiger partial charge in [-0.2, -0.15) is 0 Å². The quantitative estimate of drug-likeness (QED) is 0.597. The minimum absolute atomic E-state index is 0.273.